The third-order valence-corrected chi connectivity index (χ3v) is 2.85. The summed E-state index contributed by atoms with van der Waals surface area (Å²) in [5, 5.41) is 0. The van der Waals surface area contributed by atoms with Crippen LogP contribution in [0.25, 0.3) is 6.08 Å². The Labute approximate surface area is 123 Å². The summed E-state index contributed by atoms with van der Waals surface area (Å²) >= 11 is 0. The van der Waals surface area contributed by atoms with Crippen LogP contribution in [-0.2, 0) is 6.61 Å². The maximum atomic E-state index is 11.6. The average Bonchev–Trinajstić information content (AvgIpc) is 2.52. The monoisotopic (exact) mass is 284 g/mol. The number of rotatable bonds is 6. The van der Waals surface area contributed by atoms with Crippen molar-refractivity contribution in [1.82, 2.24) is 4.98 Å². The highest BCUT2D eigenvalue weighted by atomic mass is 16.5. The van der Waals surface area contributed by atoms with Gasteiger partial charge in [0.05, 0.1) is 12.8 Å². The van der Waals surface area contributed by atoms with Crippen LogP contribution >= 0.6 is 0 Å². The van der Waals surface area contributed by atoms with Crippen LogP contribution in [0, 0.1) is 0 Å². The van der Waals surface area contributed by atoms with E-state index >= 15 is 0 Å². The number of nitrogens with two attached hydrogens (primary N) is 1. The summed E-state index contributed by atoms with van der Waals surface area (Å²) in [6.45, 7) is 3.90. The second-order valence-electron chi connectivity index (χ2n) is 4.27. The molecule has 0 radical (unpaired) electrons. The van der Waals surface area contributed by atoms with Crippen molar-refractivity contribution in [3.8, 4) is 11.5 Å². The van der Waals surface area contributed by atoms with E-state index in [1.54, 1.807) is 6.07 Å². The lowest BCUT2D eigenvalue weighted by molar-refractivity contribution is 0.0989. The first kappa shape index (κ1) is 14.6. The number of hydrogen-bond donors (Lipinski definition) is 1. The third-order valence-electron chi connectivity index (χ3n) is 2.85. The van der Waals surface area contributed by atoms with Crippen molar-refractivity contribution in [3.05, 3.63) is 59.9 Å². The normalized spacial score (nSPS) is 9.95. The number of carbonyl (C=O) groups excluding carboxylic acids is 1. The number of hydrogen-bond acceptors (Lipinski definition) is 4. The Morgan fingerprint density at radius 1 is 1.38 bits per heavy atom. The molecule has 21 heavy (non-hydrogen) atoms. The summed E-state index contributed by atoms with van der Waals surface area (Å²) in [7, 11) is 1.49. The van der Waals surface area contributed by atoms with Crippen LogP contribution in [0.4, 0.5) is 0 Å². The van der Waals surface area contributed by atoms with Gasteiger partial charge in [0, 0.05) is 6.07 Å². The molecule has 0 spiro atoms. The molecule has 0 aliphatic rings. The highest BCUT2D eigenvalue weighted by Gasteiger charge is 2.18. The van der Waals surface area contributed by atoms with Gasteiger partial charge in [0.25, 0.3) is 5.91 Å². The molecule has 1 heterocycles. The molecule has 0 aliphatic heterocycles. The Hall–Kier alpha value is -2.82. The van der Waals surface area contributed by atoms with Crippen LogP contribution in [-0.4, -0.2) is 18.0 Å². The molecule has 5 heteroatoms. The summed E-state index contributed by atoms with van der Waals surface area (Å²) in [4.78, 5) is 15.7. The van der Waals surface area contributed by atoms with E-state index in [1.165, 1.54) is 13.2 Å². The molecule has 5 nitrogen and oxygen atoms in total. The fourth-order valence-corrected chi connectivity index (χ4v) is 1.82. The smallest absolute Gasteiger partial charge is 0.271 e. The number of aromatic nitrogens is 1. The zero-order chi connectivity index (χ0) is 15.2. The van der Waals surface area contributed by atoms with Crippen LogP contribution in [0.3, 0.4) is 0 Å². The molecule has 0 fully saturated rings. The molecule has 0 atom stereocenters. The second kappa shape index (κ2) is 6.56. The van der Waals surface area contributed by atoms with Crippen molar-refractivity contribution in [2.45, 2.75) is 6.61 Å². The van der Waals surface area contributed by atoms with E-state index in [4.69, 9.17) is 15.2 Å². The van der Waals surface area contributed by atoms with E-state index in [0.29, 0.717) is 11.4 Å². The minimum Gasteiger partial charge on any atom is -0.493 e. The van der Waals surface area contributed by atoms with Gasteiger partial charge < -0.3 is 15.2 Å². The van der Waals surface area contributed by atoms with Crippen molar-refractivity contribution >= 4 is 12.0 Å². The maximum Gasteiger partial charge on any atom is 0.271 e. The van der Waals surface area contributed by atoms with Gasteiger partial charge in [0.2, 0.25) is 0 Å². The lowest BCUT2D eigenvalue weighted by atomic mass is 10.2. The molecule has 2 N–H and O–H groups in total. The number of pyridine rings is 1. The third kappa shape index (κ3) is 3.39. The Morgan fingerprint density at radius 3 is 2.67 bits per heavy atom. The van der Waals surface area contributed by atoms with Crippen LogP contribution in [0.5, 0.6) is 11.5 Å². The van der Waals surface area contributed by atoms with E-state index in [1.807, 2.05) is 30.3 Å². The SMILES string of the molecule is C=Cc1cc(OC)c(OCc2ccccc2)c(C(N)=O)n1. The number of carbonyl (C=O) groups is 1. The van der Waals surface area contributed by atoms with Gasteiger partial charge >= 0.3 is 0 Å². The van der Waals surface area contributed by atoms with Crippen molar-refractivity contribution in [3.63, 3.8) is 0 Å². The molecule has 0 unspecified atom stereocenters. The molecule has 1 aromatic heterocycles. The molecule has 1 aromatic carbocycles. The quantitative estimate of drug-likeness (QED) is 0.884. The first-order valence-corrected chi connectivity index (χ1v) is 6.33. The topological polar surface area (TPSA) is 74.4 Å². The average molecular weight is 284 g/mol. The van der Waals surface area contributed by atoms with Crippen molar-refractivity contribution in [2.24, 2.45) is 5.73 Å². The van der Waals surface area contributed by atoms with E-state index < -0.39 is 5.91 Å². The van der Waals surface area contributed by atoms with Gasteiger partial charge in [0.15, 0.2) is 17.2 Å². The van der Waals surface area contributed by atoms with E-state index in [0.717, 1.165) is 5.56 Å². The summed E-state index contributed by atoms with van der Waals surface area (Å²) < 4.78 is 10.9. The molecule has 108 valence electrons. The Morgan fingerprint density at radius 2 is 2.10 bits per heavy atom. The fraction of sp³-hybridized carbons (Fsp3) is 0.125. The highest BCUT2D eigenvalue weighted by Crippen LogP contribution is 2.31. The minimum absolute atomic E-state index is 0.0279. The summed E-state index contributed by atoms with van der Waals surface area (Å²) in [5.74, 6) is -0.0517. The highest BCUT2D eigenvalue weighted by molar-refractivity contribution is 5.94. The summed E-state index contributed by atoms with van der Waals surface area (Å²) in [5.41, 5.74) is 6.84. The first-order valence-electron chi connectivity index (χ1n) is 6.33. The number of nitrogens with zero attached hydrogens (tertiary/aromatic N) is 1. The van der Waals surface area contributed by atoms with Crippen molar-refractivity contribution in [1.29, 1.82) is 0 Å². The number of primary amides is 1. The molecule has 0 saturated carbocycles. The largest absolute Gasteiger partial charge is 0.493 e. The van der Waals surface area contributed by atoms with E-state index in [2.05, 4.69) is 11.6 Å². The Bertz CT molecular complexity index is 654. The second-order valence-corrected chi connectivity index (χ2v) is 4.27. The number of ether oxygens (including phenoxy) is 2. The number of methoxy groups -OCH3 is 1. The molecule has 1 amide bonds. The van der Waals surface area contributed by atoms with E-state index in [9.17, 15) is 4.79 Å². The number of amides is 1. The zero-order valence-electron chi connectivity index (χ0n) is 11.7. The Kier molecular flexibility index (Phi) is 4.56. The Balaban J connectivity index is 2.36. The lowest BCUT2D eigenvalue weighted by Gasteiger charge is -2.14. The van der Waals surface area contributed by atoms with Crippen LogP contribution in [0.2, 0.25) is 0 Å². The standard InChI is InChI=1S/C16H16N2O3/c1-3-12-9-13(20-2)15(14(18-12)16(17)19)21-10-11-7-5-4-6-8-11/h3-9H,1,10H2,2H3,(H2,17,19). The predicted molar refractivity (Wildman–Crippen MR) is 80.2 cm³/mol. The first-order chi connectivity index (χ1) is 10.2. The molecular weight excluding hydrogens is 268 g/mol. The van der Waals surface area contributed by atoms with Crippen LogP contribution < -0.4 is 15.2 Å². The maximum absolute atomic E-state index is 11.6. The molecule has 0 bridgehead atoms. The van der Waals surface area contributed by atoms with Gasteiger partial charge in [0.1, 0.15) is 6.61 Å². The van der Waals surface area contributed by atoms with Gasteiger partial charge in [-0.15, -0.1) is 0 Å². The van der Waals surface area contributed by atoms with Gasteiger partial charge in [-0.2, -0.15) is 0 Å². The van der Waals surface area contributed by atoms with Gasteiger partial charge in [-0.05, 0) is 11.6 Å². The fourth-order valence-electron chi connectivity index (χ4n) is 1.82. The predicted octanol–water partition coefficient (Wildman–Crippen LogP) is 2.41. The summed E-state index contributed by atoms with van der Waals surface area (Å²) in [6.07, 6.45) is 1.51. The molecule has 2 aromatic rings. The summed E-state index contributed by atoms with van der Waals surface area (Å²) in [6, 6.07) is 11.2. The van der Waals surface area contributed by atoms with Gasteiger partial charge in [-0.1, -0.05) is 36.9 Å². The van der Waals surface area contributed by atoms with Crippen molar-refractivity contribution < 1.29 is 14.3 Å². The van der Waals surface area contributed by atoms with E-state index in [-0.39, 0.29) is 18.1 Å². The molecular formula is C16H16N2O3. The van der Waals surface area contributed by atoms with Gasteiger partial charge in [-0.3, -0.25) is 4.79 Å². The van der Waals surface area contributed by atoms with Gasteiger partial charge in [-0.25, -0.2) is 4.98 Å². The molecule has 0 saturated heterocycles. The van der Waals surface area contributed by atoms with Crippen LogP contribution in [0.1, 0.15) is 21.7 Å². The zero-order valence-corrected chi connectivity index (χ0v) is 11.7. The molecule has 0 aliphatic carbocycles. The number of benzene rings is 1. The lowest BCUT2D eigenvalue weighted by Crippen LogP contribution is -2.16. The minimum atomic E-state index is -0.680. The van der Waals surface area contributed by atoms with Crippen molar-refractivity contribution in [2.75, 3.05) is 7.11 Å². The van der Waals surface area contributed by atoms with Crippen LogP contribution in [0.15, 0.2) is 43.0 Å². The molecule has 2 rings (SSSR count).